The summed E-state index contributed by atoms with van der Waals surface area (Å²) >= 11 is 0. The van der Waals surface area contributed by atoms with E-state index in [1.54, 1.807) is 23.0 Å². The molecule has 0 radical (unpaired) electrons. The Morgan fingerprint density at radius 1 is 1.19 bits per heavy atom. The van der Waals surface area contributed by atoms with E-state index >= 15 is 0 Å². The average Bonchev–Trinajstić information content (AvgIpc) is 3.04. The highest BCUT2D eigenvalue weighted by molar-refractivity contribution is 5.94. The summed E-state index contributed by atoms with van der Waals surface area (Å²) in [5.41, 5.74) is 2.61. The van der Waals surface area contributed by atoms with Crippen molar-refractivity contribution in [3.8, 4) is 5.69 Å². The number of nitro benzene ring substituents is 1. The fraction of sp³-hybridized carbons (Fsp3) is 0.158. The Kier molecular flexibility index (Phi) is 4.98. The molecule has 1 amide bonds. The molecule has 0 unspecified atom stereocenters. The third-order valence-corrected chi connectivity index (χ3v) is 4.27. The van der Waals surface area contributed by atoms with Crippen molar-refractivity contribution in [3.05, 3.63) is 87.5 Å². The van der Waals surface area contributed by atoms with Crippen LogP contribution in [0.3, 0.4) is 0 Å². The lowest BCUT2D eigenvalue weighted by molar-refractivity contribution is -0.384. The summed E-state index contributed by atoms with van der Waals surface area (Å²) in [6.45, 7) is 3.68. The Labute approximate surface area is 154 Å². The number of non-ortho nitro benzene ring substituents is 1. The summed E-state index contributed by atoms with van der Waals surface area (Å²) < 4.78 is 14.8. The zero-order valence-electron chi connectivity index (χ0n) is 14.7. The fourth-order valence-electron chi connectivity index (χ4n) is 2.78. The van der Waals surface area contributed by atoms with Crippen molar-refractivity contribution < 1.29 is 14.1 Å². The molecule has 3 rings (SSSR count). The van der Waals surface area contributed by atoms with E-state index in [0.717, 1.165) is 11.3 Å². The minimum Gasteiger partial charge on any atom is -0.345 e. The zero-order valence-corrected chi connectivity index (χ0v) is 14.7. The molecule has 0 saturated heterocycles. The van der Waals surface area contributed by atoms with Crippen molar-refractivity contribution in [2.45, 2.75) is 19.9 Å². The van der Waals surface area contributed by atoms with Gasteiger partial charge in [0, 0.05) is 29.0 Å². The molecule has 7 nitrogen and oxygen atoms in total. The number of aromatic nitrogens is 2. The Morgan fingerprint density at radius 2 is 1.81 bits per heavy atom. The number of benzene rings is 2. The van der Waals surface area contributed by atoms with Gasteiger partial charge in [-0.05, 0) is 50.2 Å². The zero-order chi connectivity index (χ0) is 19.6. The molecular formula is C19H17FN4O3. The highest BCUT2D eigenvalue weighted by atomic mass is 19.1. The van der Waals surface area contributed by atoms with Gasteiger partial charge in [0.2, 0.25) is 0 Å². The lowest BCUT2D eigenvalue weighted by Crippen LogP contribution is -2.26. The number of nitrogens with zero attached hydrogens (tertiary/aromatic N) is 3. The number of amides is 1. The van der Waals surface area contributed by atoms with Crippen LogP contribution in [0.15, 0.2) is 54.7 Å². The molecule has 0 aliphatic rings. The second kappa shape index (κ2) is 7.36. The fourth-order valence-corrected chi connectivity index (χ4v) is 2.78. The third-order valence-electron chi connectivity index (χ3n) is 4.27. The molecule has 2 aromatic carbocycles. The summed E-state index contributed by atoms with van der Waals surface area (Å²) in [5, 5.41) is 17.9. The third kappa shape index (κ3) is 3.84. The lowest BCUT2D eigenvalue weighted by atomic mass is 10.1. The molecule has 1 atom stereocenters. The number of rotatable bonds is 5. The Bertz CT molecular complexity index is 981. The number of nitro groups is 1. The van der Waals surface area contributed by atoms with Crippen LogP contribution in [0.2, 0.25) is 0 Å². The number of hydrogen-bond acceptors (Lipinski definition) is 4. The van der Waals surface area contributed by atoms with Gasteiger partial charge in [-0.2, -0.15) is 5.10 Å². The van der Waals surface area contributed by atoms with Crippen LogP contribution in [0.1, 0.15) is 34.6 Å². The number of hydrogen-bond donors (Lipinski definition) is 1. The summed E-state index contributed by atoms with van der Waals surface area (Å²) in [7, 11) is 0. The Balaban J connectivity index is 1.76. The van der Waals surface area contributed by atoms with Gasteiger partial charge in [0.05, 0.1) is 22.8 Å². The van der Waals surface area contributed by atoms with Crippen LogP contribution in [0, 0.1) is 22.9 Å². The van der Waals surface area contributed by atoms with E-state index in [1.807, 2.05) is 13.8 Å². The lowest BCUT2D eigenvalue weighted by Gasteiger charge is -2.14. The van der Waals surface area contributed by atoms with Crippen LogP contribution in [-0.2, 0) is 0 Å². The SMILES string of the molecule is Cc1c([C@H](C)NC(=O)c2ccc([N+](=O)[O-])cc2)cnn1-c1ccc(F)cc1. The first kappa shape index (κ1) is 18.2. The summed E-state index contributed by atoms with van der Waals surface area (Å²) in [6.07, 6.45) is 1.65. The van der Waals surface area contributed by atoms with Gasteiger partial charge in [-0.1, -0.05) is 0 Å². The van der Waals surface area contributed by atoms with Gasteiger partial charge in [-0.15, -0.1) is 0 Å². The number of nitrogens with one attached hydrogen (secondary N) is 1. The maximum Gasteiger partial charge on any atom is 0.269 e. The molecule has 1 N–H and O–H groups in total. The van der Waals surface area contributed by atoms with E-state index in [2.05, 4.69) is 10.4 Å². The van der Waals surface area contributed by atoms with Gasteiger partial charge in [0.15, 0.2) is 0 Å². The first-order valence-electron chi connectivity index (χ1n) is 8.22. The average molecular weight is 368 g/mol. The predicted octanol–water partition coefficient (Wildman–Crippen LogP) is 3.72. The van der Waals surface area contributed by atoms with Crippen LogP contribution in [-0.4, -0.2) is 20.6 Å². The van der Waals surface area contributed by atoms with Gasteiger partial charge in [0.1, 0.15) is 5.82 Å². The molecule has 27 heavy (non-hydrogen) atoms. The van der Waals surface area contributed by atoms with Crippen LogP contribution in [0.5, 0.6) is 0 Å². The quantitative estimate of drug-likeness (QED) is 0.549. The molecule has 3 aromatic rings. The highest BCUT2D eigenvalue weighted by Gasteiger charge is 2.18. The molecule has 0 saturated carbocycles. The van der Waals surface area contributed by atoms with Crippen molar-refractivity contribution in [1.82, 2.24) is 15.1 Å². The van der Waals surface area contributed by atoms with Gasteiger partial charge in [0.25, 0.3) is 11.6 Å². The largest absolute Gasteiger partial charge is 0.345 e. The van der Waals surface area contributed by atoms with Gasteiger partial charge < -0.3 is 5.32 Å². The van der Waals surface area contributed by atoms with Crippen LogP contribution >= 0.6 is 0 Å². The molecule has 1 aromatic heterocycles. The number of carbonyl (C=O) groups excluding carboxylic acids is 1. The smallest absolute Gasteiger partial charge is 0.269 e. The van der Waals surface area contributed by atoms with Crippen molar-refractivity contribution in [2.75, 3.05) is 0 Å². The normalized spacial score (nSPS) is 11.8. The second-order valence-corrected chi connectivity index (χ2v) is 6.07. The summed E-state index contributed by atoms with van der Waals surface area (Å²) in [6, 6.07) is 11.0. The molecule has 8 heteroatoms. The van der Waals surface area contributed by atoms with E-state index in [9.17, 15) is 19.3 Å². The molecule has 0 spiro atoms. The van der Waals surface area contributed by atoms with Crippen molar-refractivity contribution in [2.24, 2.45) is 0 Å². The molecule has 0 fully saturated rings. The molecule has 0 aliphatic carbocycles. The molecule has 0 aliphatic heterocycles. The molecular weight excluding hydrogens is 351 g/mol. The van der Waals surface area contributed by atoms with Crippen LogP contribution < -0.4 is 5.32 Å². The van der Waals surface area contributed by atoms with Gasteiger partial charge >= 0.3 is 0 Å². The molecule has 138 valence electrons. The van der Waals surface area contributed by atoms with Crippen molar-refractivity contribution >= 4 is 11.6 Å². The maximum atomic E-state index is 13.1. The van der Waals surface area contributed by atoms with E-state index in [-0.39, 0.29) is 23.5 Å². The molecule has 0 bridgehead atoms. The van der Waals surface area contributed by atoms with E-state index in [4.69, 9.17) is 0 Å². The maximum absolute atomic E-state index is 13.1. The van der Waals surface area contributed by atoms with Crippen molar-refractivity contribution in [3.63, 3.8) is 0 Å². The van der Waals surface area contributed by atoms with Crippen molar-refractivity contribution in [1.29, 1.82) is 0 Å². The van der Waals surface area contributed by atoms with E-state index in [0.29, 0.717) is 11.3 Å². The molecule has 1 heterocycles. The number of halogens is 1. The van der Waals surface area contributed by atoms with Crippen LogP contribution in [0.4, 0.5) is 10.1 Å². The van der Waals surface area contributed by atoms with E-state index in [1.165, 1.54) is 36.4 Å². The number of carbonyl (C=O) groups is 1. The minimum absolute atomic E-state index is 0.0731. The first-order chi connectivity index (χ1) is 12.9. The topological polar surface area (TPSA) is 90.1 Å². The Hall–Kier alpha value is -3.55. The summed E-state index contributed by atoms with van der Waals surface area (Å²) in [4.78, 5) is 22.6. The standard InChI is InChI=1S/C19H17FN4O3/c1-12(22-19(25)14-3-7-17(8-4-14)24(26)27)18-11-21-23(13(18)2)16-9-5-15(20)6-10-16/h3-12H,1-2H3,(H,22,25)/t12-/m0/s1. The van der Waals surface area contributed by atoms with E-state index < -0.39 is 4.92 Å². The minimum atomic E-state index is -0.516. The summed E-state index contributed by atoms with van der Waals surface area (Å²) in [5.74, 6) is -0.668. The van der Waals surface area contributed by atoms with Gasteiger partial charge in [-0.25, -0.2) is 9.07 Å². The van der Waals surface area contributed by atoms with Gasteiger partial charge in [-0.3, -0.25) is 14.9 Å². The monoisotopic (exact) mass is 368 g/mol. The second-order valence-electron chi connectivity index (χ2n) is 6.07. The highest BCUT2D eigenvalue weighted by Crippen LogP contribution is 2.21. The predicted molar refractivity (Wildman–Crippen MR) is 97.2 cm³/mol. The van der Waals surface area contributed by atoms with Crippen LogP contribution in [0.25, 0.3) is 5.69 Å². The first-order valence-corrected chi connectivity index (χ1v) is 8.22. The Morgan fingerprint density at radius 3 is 2.41 bits per heavy atom.